The number of aromatic carboxylic acids is 1. The maximum absolute atomic E-state index is 11.7. The molecule has 26 heavy (non-hydrogen) atoms. The third-order valence-corrected chi connectivity index (χ3v) is 5.11. The minimum Gasteiger partial charge on any atom is -0.477 e. The number of hydrogen-bond acceptors (Lipinski definition) is 3. The van der Waals surface area contributed by atoms with Gasteiger partial charge in [-0.1, -0.05) is 35.6 Å². The Bertz CT molecular complexity index is 860. The molecule has 3 nitrogen and oxygen atoms in total. The second-order valence-corrected chi connectivity index (χ2v) is 8.61. The number of hydrogen-bond donors (Lipinski definition) is 1. The summed E-state index contributed by atoms with van der Waals surface area (Å²) in [5.41, 5.74) is 4.08. The molecule has 0 aliphatic rings. The van der Waals surface area contributed by atoms with E-state index < -0.39 is 5.97 Å². The highest BCUT2D eigenvalue weighted by Crippen LogP contribution is 2.30. The highest BCUT2D eigenvalue weighted by molar-refractivity contribution is 7.14. The van der Waals surface area contributed by atoms with Gasteiger partial charge >= 0.3 is 5.97 Å². The molecule has 0 amide bonds. The van der Waals surface area contributed by atoms with Crippen LogP contribution in [0.25, 0.3) is 0 Å². The normalized spacial score (nSPS) is 12.4. The lowest BCUT2D eigenvalue weighted by atomic mass is 9.96. The van der Waals surface area contributed by atoms with Gasteiger partial charge in [0.25, 0.3) is 0 Å². The van der Waals surface area contributed by atoms with E-state index in [9.17, 15) is 9.90 Å². The fourth-order valence-electron chi connectivity index (χ4n) is 2.78. The molecule has 0 saturated heterocycles. The van der Waals surface area contributed by atoms with Crippen molar-refractivity contribution in [3.05, 3.63) is 56.3 Å². The number of rotatable bonds is 5. The summed E-state index contributed by atoms with van der Waals surface area (Å²) in [7, 11) is 1.66. The van der Waals surface area contributed by atoms with Crippen molar-refractivity contribution in [2.45, 2.75) is 47.1 Å². The largest absolute Gasteiger partial charge is 0.477 e. The van der Waals surface area contributed by atoms with Crippen LogP contribution in [0.2, 0.25) is 0 Å². The zero-order chi connectivity index (χ0) is 19.5. The Balaban J connectivity index is 2.38. The number of thiophene rings is 1. The Labute approximate surface area is 160 Å². The SMILES string of the molecule is COC(Cc1cc(C#CC(C)(C)C)sc1C(=O)O)c1ccc(C)cc1C. The van der Waals surface area contributed by atoms with Crippen LogP contribution in [0.4, 0.5) is 0 Å². The van der Waals surface area contributed by atoms with Crippen molar-refractivity contribution in [1.29, 1.82) is 0 Å². The lowest BCUT2D eigenvalue weighted by Gasteiger charge is -2.18. The average Bonchev–Trinajstić information content (AvgIpc) is 2.94. The van der Waals surface area contributed by atoms with E-state index in [1.54, 1.807) is 7.11 Å². The molecule has 0 aliphatic carbocycles. The first-order valence-electron chi connectivity index (χ1n) is 8.60. The van der Waals surface area contributed by atoms with E-state index in [0.29, 0.717) is 11.3 Å². The van der Waals surface area contributed by atoms with Crippen molar-refractivity contribution in [1.82, 2.24) is 0 Å². The molecular weight excluding hydrogens is 344 g/mol. The van der Waals surface area contributed by atoms with Crippen LogP contribution in [0.3, 0.4) is 0 Å². The Hall–Kier alpha value is -2.09. The zero-order valence-electron chi connectivity index (χ0n) is 16.3. The highest BCUT2D eigenvalue weighted by Gasteiger charge is 2.21. The van der Waals surface area contributed by atoms with Gasteiger partial charge in [0.15, 0.2) is 0 Å². The number of benzene rings is 1. The fourth-order valence-corrected chi connectivity index (χ4v) is 3.66. The number of aryl methyl sites for hydroxylation is 2. The van der Waals surface area contributed by atoms with E-state index in [1.807, 2.05) is 26.8 Å². The van der Waals surface area contributed by atoms with Gasteiger partial charge < -0.3 is 9.84 Å². The summed E-state index contributed by atoms with van der Waals surface area (Å²) in [4.78, 5) is 12.8. The molecule has 4 heteroatoms. The summed E-state index contributed by atoms with van der Waals surface area (Å²) in [6, 6.07) is 8.13. The molecule has 0 radical (unpaired) electrons. The maximum Gasteiger partial charge on any atom is 0.346 e. The van der Waals surface area contributed by atoms with E-state index in [2.05, 4.69) is 43.9 Å². The van der Waals surface area contributed by atoms with Crippen molar-refractivity contribution in [2.24, 2.45) is 5.41 Å². The van der Waals surface area contributed by atoms with Crippen molar-refractivity contribution in [2.75, 3.05) is 7.11 Å². The topological polar surface area (TPSA) is 46.5 Å². The van der Waals surface area contributed by atoms with Crippen molar-refractivity contribution < 1.29 is 14.6 Å². The summed E-state index contributed by atoms with van der Waals surface area (Å²) in [5, 5.41) is 9.58. The van der Waals surface area contributed by atoms with E-state index >= 15 is 0 Å². The first-order valence-corrected chi connectivity index (χ1v) is 9.41. The van der Waals surface area contributed by atoms with Gasteiger partial charge in [-0.15, -0.1) is 11.3 Å². The van der Waals surface area contributed by atoms with Crippen LogP contribution in [0.15, 0.2) is 24.3 Å². The predicted octanol–water partition coefficient (Wildman–Crippen LogP) is 5.39. The van der Waals surface area contributed by atoms with Gasteiger partial charge in [0.2, 0.25) is 0 Å². The Morgan fingerprint density at radius 1 is 1.27 bits per heavy atom. The number of carboxylic acids is 1. The number of carbonyl (C=O) groups is 1. The quantitative estimate of drug-likeness (QED) is 0.718. The van der Waals surface area contributed by atoms with E-state index in [-0.39, 0.29) is 11.5 Å². The minimum atomic E-state index is -0.913. The van der Waals surface area contributed by atoms with E-state index in [4.69, 9.17) is 4.74 Å². The lowest BCUT2D eigenvalue weighted by Crippen LogP contribution is -2.09. The molecule has 0 saturated carbocycles. The van der Waals surface area contributed by atoms with Crippen LogP contribution in [-0.2, 0) is 11.2 Å². The van der Waals surface area contributed by atoms with Gasteiger partial charge in [-0.2, -0.15) is 0 Å². The van der Waals surface area contributed by atoms with Crippen LogP contribution in [-0.4, -0.2) is 18.2 Å². The standard InChI is InChI=1S/C22H26O3S/c1-14-7-8-18(15(2)11-14)19(25-6)13-16-12-17(9-10-22(3,4)5)26-20(16)21(23)24/h7-8,11-12,19H,13H2,1-6H3,(H,23,24). The molecule has 1 aromatic heterocycles. The number of carboxylic acid groups (broad SMARTS) is 1. The summed E-state index contributed by atoms with van der Waals surface area (Å²) in [5.74, 6) is 5.37. The molecule has 0 aliphatic heterocycles. The van der Waals surface area contributed by atoms with Gasteiger partial charge in [0, 0.05) is 18.9 Å². The van der Waals surface area contributed by atoms with E-state index in [1.165, 1.54) is 16.9 Å². The van der Waals surface area contributed by atoms with Gasteiger partial charge in [0.1, 0.15) is 4.88 Å². The fraction of sp³-hybridized carbons (Fsp3) is 0.409. The zero-order valence-corrected chi connectivity index (χ0v) is 17.1. The first-order chi connectivity index (χ1) is 12.1. The Morgan fingerprint density at radius 2 is 1.96 bits per heavy atom. The average molecular weight is 371 g/mol. The highest BCUT2D eigenvalue weighted by atomic mass is 32.1. The lowest BCUT2D eigenvalue weighted by molar-refractivity contribution is 0.0698. The van der Waals surface area contributed by atoms with Crippen LogP contribution in [0.1, 0.15) is 63.7 Å². The molecule has 0 bridgehead atoms. The van der Waals surface area contributed by atoms with Gasteiger partial charge in [-0.05, 0) is 57.4 Å². The molecule has 1 N–H and O–H groups in total. The van der Waals surface area contributed by atoms with Crippen LogP contribution in [0, 0.1) is 31.1 Å². The van der Waals surface area contributed by atoms with Crippen molar-refractivity contribution in [3.8, 4) is 11.8 Å². The summed E-state index contributed by atoms with van der Waals surface area (Å²) < 4.78 is 5.69. The Morgan fingerprint density at radius 3 is 2.50 bits per heavy atom. The van der Waals surface area contributed by atoms with E-state index in [0.717, 1.165) is 21.6 Å². The van der Waals surface area contributed by atoms with Crippen molar-refractivity contribution >= 4 is 17.3 Å². The predicted molar refractivity (Wildman–Crippen MR) is 107 cm³/mol. The maximum atomic E-state index is 11.7. The summed E-state index contributed by atoms with van der Waals surface area (Å²) in [6.07, 6.45) is 0.321. The van der Waals surface area contributed by atoms with Gasteiger partial charge in [-0.3, -0.25) is 0 Å². The third-order valence-electron chi connectivity index (χ3n) is 4.03. The van der Waals surface area contributed by atoms with Crippen LogP contribution >= 0.6 is 11.3 Å². The molecule has 1 atom stereocenters. The molecule has 138 valence electrons. The van der Waals surface area contributed by atoms with Crippen molar-refractivity contribution in [3.63, 3.8) is 0 Å². The molecule has 2 aromatic rings. The van der Waals surface area contributed by atoms with Crippen LogP contribution < -0.4 is 0 Å². The number of methoxy groups -OCH3 is 1. The smallest absolute Gasteiger partial charge is 0.346 e. The molecule has 0 spiro atoms. The molecular formula is C22H26O3S. The summed E-state index contributed by atoms with van der Waals surface area (Å²) >= 11 is 1.23. The molecule has 2 rings (SSSR count). The molecule has 1 unspecified atom stereocenters. The Kier molecular flexibility index (Phi) is 6.28. The second-order valence-electron chi connectivity index (χ2n) is 7.56. The second kappa shape index (κ2) is 8.07. The molecule has 1 aromatic carbocycles. The summed E-state index contributed by atoms with van der Waals surface area (Å²) in [6.45, 7) is 10.2. The monoisotopic (exact) mass is 370 g/mol. The third kappa shape index (κ3) is 5.20. The molecule has 1 heterocycles. The number of ether oxygens (including phenoxy) is 1. The van der Waals surface area contributed by atoms with Gasteiger partial charge in [0.05, 0.1) is 11.0 Å². The van der Waals surface area contributed by atoms with Gasteiger partial charge in [-0.25, -0.2) is 4.79 Å². The minimum absolute atomic E-state index is 0.123. The first kappa shape index (κ1) is 20.2. The molecule has 0 fully saturated rings. The van der Waals surface area contributed by atoms with Crippen LogP contribution in [0.5, 0.6) is 0 Å².